The molecule has 0 N–H and O–H groups in total. The van der Waals surface area contributed by atoms with Crippen LogP contribution in [0.15, 0.2) is 36.7 Å². The van der Waals surface area contributed by atoms with Crippen molar-refractivity contribution in [2.24, 2.45) is 0 Å². The van der Waals surface area contributed by atoms with Crippen LogP contribution in [-0.2, 0) is 6.54 Å². The number of benzene rings is 1. The molecule has 0 radical (unpaired) electrons. The zero-order valence-corrected chi connectivity index (χ0v) is 13.1. The maximum Gasteiger partial charge on any atom is 0.128 e. The number of halogens is 1. The van der Waals surface area contributed by atoms with Crippen LogP contribution in [0.3, 0.4) is 0 Å². The molecule has 4 heteroatoms. The summed E-state index contributed by atoms with van der Waals surface area (Å²) in [7, 11) is 1.70. The maximum atomic E-state index is 6.33. The van der Waals surface area contributed by atoms with Gasteiger partial charge in [0, 0.05) is 28.9 Å². The van der Waals surface area contributed by atoms with Gasteiger partial charge in [0.25, 0.3) is 0 Å². The topological polar surface area (TPSA) is 27.1 Å². The Labute approximate surface area is 129 Å². The van der Waals surface area contributed by atoms with E-state index in [-0.39, 0.29) is 0 Å². The van der Waals surface area contributed by atoms with Gasteiger partial charge in [0.15, 0.2) is 0 Å². The van der Waals surface area contributed by atoms with Gasteiger partial charge in [-0.3, -0.25) is 4.98 Å². The van der Waals surface area contributed by atoms with Crippen molar-refractivity contribution in [1.82, 2.24) is 9.55 Å². The third-order valence-corrected chi connectivity index (χ3v) is 4.11. The summed E-state index contributed by atoms with van der Waals surface area (Å²) in [4.78, 5) is 4.55. The molecular formula is C17H17ClN2O. The molecule has 3 nitrogen and oxygen atoms in total. The highest BCUT2D eigenvalue weighted by atomic mass is 35.5. The molecule has 0 aliphatic carbocycles. The smallest absolute Gasteiger partial charge is 0.128 e. The summed E-state index contributed by atoms with van der Waals surface area (Å²) in [6.45, 7) is 4.72. The van der Waals surface area contributed by atoms with E-state index in [2.05, 4.69) is 21.7 Å². The lowest BCUT2D eigenvalue weighted by molar-refractivity contribution is 0.406. The number of hydrogen-bond acceptors (Lipinski definition) is 2. The SMILES string of the molecule is COc1c(C)cnc(Cn2ccc3cccc(Cl)c32)c1C. The number of para-hydroxylation sites is 1. The molecule has 1 aromatic carbocycles. The van der Waals surface area contributed by atoms with Crippen LogP contribution in [0.4, 0.5) is 0 Å². The highest BCUT2D eigenvalue weighted by Gasteiger charge is 2.12. The van der Waals surface area contributed by atoms with Crippen LogP contribution < -0.4 is 4.74 Å². The van der Waals surface area contributed by atoms with Gasteiger partial charge in [-0.2, -0.15) is 0 Å². The van der Waals surface area contributed by atoms with Crippen LogP contribution in [0.1, 0.15) is 16.8 Å². The Balaban J connectivity index is 2.07. The largest absolute Gasteiger partial charge is 0.496 e. The van der Waals surface area contributed by atoms with Crippen LogP contribution in [0.5, 0.6) is 5.75 Å². The number of rotatable bonds is 3. The van der Waals surface area contributed by atoms with E-state index in [0.717, 1.165) is 38.5 Å². The minimum atomic E-state index is 0.676. The summed E-state index contributed by atoms with van der Waals surface area (Å²) < 4.78 is 7.60. The van der Waals surface area contributed by atoms with Crippen molar-refractivity contribution in [2.45, 2.75) is 20.4 Å². The molecule has 21 heavy (non-hydrogen) atoms. The summed E-state index contributed by atoms with van der Waals surface area (Å²) in [6.07, 6.45) is 3.90. The number of pyridine rings is 1. The Kier molecular flexibility index (Phi) is 3.60. The van der Waals surface area contributed by atoms with Gasteiger partial charge < -0.3 is 9.30 Å². The van der Waals surface area contributed by atoms with Crippen molar-refractivity contribution in [2.75, 3.05) is 7.11 Å². The maximum absolute atomic E-state index is 6.33. The fourth-order valence-electron chi connectivity index (χ4n) is 2.74. The van der Waals surface area contributed by atoms with Gasteiger partial charge in [0.05, 0.1) is 29.9 Å². The van der Waals surface area contributed by atoms with E-state index >= 15 is 0 Å². The normalized spacial score (nSPS) is 11.0. The Morgan fingerprint density at radius 3 is 2.81 bits per heavy atom. The molecule has 0 amide bonds. The van der Waals surface area contributed by atoms with Crippen molar-refractivity contribution in [1.29, 1.82) is 0 Å². The van der Waals surface area contributed by atoms with Gasteiger partial charge in [0.2, 0.25) is 0 Å². The van der Waals surface area contributed by atoms with Gasteiger partial charge >= 0.3 is 0 Å². The molecule has 0 atom stereocenters. The molecule has 0 bridgehead atoms. The first kappa shape index (κ1) is 14.0. The minimum absolute atomic E-state index is 0.676. The standard InChI is InChI=1S/C17H17ClN2O/c1-11-9-19-15(12(2)17(11)21-3)10-20-8-7-13-5-4-6-14(18)16(13)20/h4-9H,10H2,1-3H3. The van der Waals surface area contributed by atoms with Crippen LogP contribution in [-0.4, -0.2) is 16.7 Å². The number of hydrogen-bond donors (Lipinski definition) is 0. The fourth-order valence-corrected chi connectivity index (χ4v) is 3.03. The van der Waals surface area contributed by atoms with Crippen molar-refractivity contribution >= 4 is 22.5 Å². The van der Waals surface area contributed by atoms with Gasteiger partial charge in [-0.25, -0.2) is 0 Å². The van der Waals surface area contributed by atoms with Gasteiger partial charge in [-0.1, -0.05) is 23.7 Å². The first-order valence-electron chi connectivity index (χ1n) is 6.84. The Morgan fingerprint density at radius 1 is 1.24 bits per heavy atom. The fraction of sp³-hybridized carbons (Fsp3) is 0.235. The first-order valence-corrected chi connectivity index (χ1v) is 7.22. The second kappa shape index (κ2) is 5.41. The molecule has 3 rings (SSSR count). The number of nitrogens with zero attached hydrogens (tertiary/aromatic N) is 2. The summed E-state index contributed by atoms with van der Waals surface area (Å²) in [5.41, 5.74) is 4.16. The third kappa shape index (κ3) is 2.38. The predicted octanol–water partition coefficient (Wildman–Crippen LogP) is 4.36. The lowest BCUT2D eigenvalue weighted by Gasteiger charge is -2.13. The van der Waals surface area contributed by atoms with E-state index in [1.165, 1.54) is 0 Å². The molecule has 0 spiro atoms. The Hall–Kier alpha value is -2.00. The van der Waals surface area contributed by atoms with E-state index in [1.54, 1.807) is 7.11 Å². The second-order valence-corrected chi connectivity index (χ2v) is 5.57. The van der Waals surface area contributed by atoms with Crippen molar-refractivity contribution < 1.29 is 4.74 Å². The van der Waals surface area contributed by atoms with Crippen molar-refractivity contribution in [3.8, 4) is 5.75 Å². The lowest BCUT2D eigenvalue weighted by Crippen LogP contribution is -2.05. The number of aromatic nitrogens is 2. The number of aryl methyl sites for hydroxylation is 1. The Bertz CT molecular complexity index is 808. The minimum Gasteiger partial charge on any atom is -0.496 e. The molecule has 0 aliphatic heterocycles. The van der Waals surface area contributed by atoms with Crippen molar-refractivity contribution in [3.63, 3.8) is 0 Å². The van der Waals surface area contributed by atoms with Crippen molar-refractivity contribution in [3.05, 3.63) is 58.5 Å². The van der Waals surface area contributed by atoms with E-state index in [9.17, 15) is 0 Å². The monoisotopic (exact) mass is 300 g/mol. The lowest BCUT2D eigenvalue weighted by atomic mass is 10.1. The Morgan fingerprint density at radius 2 is 2.05 bits per heavy atom. The number of fused-ring (bicyclic) bond motifs is 1. The quantitative estimate of drug-likeness (QED) is 0.718. The molecule has 0 unspecified atom stereocenters. The number of methoxy groups -OCH3 is 1. The average Bonchev–Trinajstić information content (AvgIpc) is 2.87. The van der Waals surface area contributed by atoms with E-state index in [0.29, 0.717) is 6.54 Å². The molecule has 0 saturated carbocycles. The molecule has 0 fully saturated rings. The molecule has 108 valence electrons. The molecule has 0 saturated heterocycles. The van der Waals surface area contributed by atoms with Gasteiger partial charge in [0.1, 0.15) is 5.75 Å². The van der Waals surface area contributed by atoms with E-state index in [1.807, 2.05) is 38.4 Å². The molecule has 3 aromatic rings. The summed E-state index contributed by atoms with van der Waals surface area (Å²) >= 11 is 6.33. The van der Waals surface area contributed by atoms with Crippen LogP contribution in [0.2, 0.25) is 5.02 Å². The summed E-state index contributed by atoms with van der Waals surface area (Å²) in [6, 6.07) is 8.01. The highest BCUT2D eigenvalue weighted by molar-refractivity contribution is 6.35. The summed E-state index contributed by atoms with van der Waals surface area (Å²) in [5.74, 6) is 0.905. The predicted molar refractivity (Wildman–Crippen MR) is 86.3 cm³/mol. The van der Waals surface area contributed by atoms with Gasteiger partial charge in [-0.15, -0.1) is 0 Å². The zero-order valence-electron chi connectivity index (χ0n) is 12.4. The van der Waals surface area contributed by atoms with E-state index in [4.69, 9.17) is 16.3 Å². The zero-order chi connectivity index (χ0) is 15.0. The van der Waals surface area contributed by atoms with E-state index < -0.39 is 0 Å². The molecule has 0 aliphatic rings. The average molecular weight is 301 g/mol. The third-order valence-electron chi connectivity index (χ3n) is 3.81. The van der Waals surface area contributed by atoms with Gasteiger partial charge in [-0.05, 0) is 26.0 Å². The number of ether oxygens (including phenoxy) is 1. The van der Waals surface area contributed by atoms with Crippen LogP contribution >= 0.6 is 11.6 Å². The first-order chi connectivity index (χ1) is 10.1. The molecular weight excluding hydrogens is 284 g/mol. The van der Waals surface area contributed by atoms with Crippen LogP contribution in [0, 0.1) is 13.8 Å². The highest BCUT2D eigenvalue weighted by Crippen LogP contribution is 2.28. The second-order valence-electron chi connectivity index (χ2n) is 5.17. The summed E-state index contributed by atoms with van der Waals surface area (Å²) in [5, 5.41) is 1.90. The molecule has 2 heterocycles. The van der Waals surface area contributed by atoms with Crippen LogP contribution in [0.25, 0.3) is 10.9 Å². The molecule has 2 aromatic heterocycles.